The lowest BCUT2D eigenvalue weighted by Crippen LogP contribution is -2.41. The van der Waals surface area contributed by atoms with E-state index in [0.717, 1.165) is 15.4 Å². The number of likely N-dealkylation sites (N-methyl/N-ethyl adjacent to an activating group) is 1. The summed E-state index contributed by atoms with van der Waals surface area (Å²) in [6.45, 7) is 1.70. The van der Waals surface area contributed by atoms with Crippen LogP contribution in [-0.2, 0) is 21.4 Å². The largest absolute Gasteiger partial charge is 0.497 e. The second kappa shape index (κ2) is 11.1. The molecule has 0 spiro atoms. The molecule has 0 aliphatic heterocycles. The van der Waals surface area contributed by atoms with E-state index in [4.69, 9.17) is 14.2 Å². The second-order valence-electron chi connectivity index (χ2n) is 7.97. The molecule has 0 unspecified atom stereocenters. The van der Waals surface area contributed by atoms with Gasteiger partial charge >= 0.3 is 0 Å². The van der Waals surface area contributed by atoms with Crippen LogP contribution in [0.2, 0.25) is 0 Å². The summed E-state index contributed by atoms with van der Waals surface area (Å²) in [5.41, 5.74) is 1.94. The Morgan fingerprint density at radius 1 is 0.857 bits per heavy atom. The summed E-state index contributed by atoms with van der Waals surface area (Å²) in [6, 6.07) is 18.8. The number of carbonyl (C=O) groups excluding carboxylic acids is 1. The summed E-state index contributed by atoms with van der Waals surface area (Å²) in [5.74, 6) is 1.00. The van der Waals surface area contributed by atoms with E-state index in [-0.39, 0.29) is 16.6 Å². The number of sulfonamides is 1. The second-order valence-corrected chi connectivity index (χ2v) is 9.80. The summed E-state index contributed by atoms with van der Waals surface area (Å²) in [4.78, 5) is 14.7. The molecule has 0 heterocycles. The smallest absolute Gasteiger partial charge is 0.268 e. The third-order valence-electron chi connectivity index (χ3n) is 5.51. The number of hydrogen-bond donors (Lipinski definition) is 0. The van der Waals surface area contributed by atoms with Gasteiger partial charge in [-0.25, -0.2) is 8.42 Å². The van der Waals surface area contributed by atoms with Gasteiger partial charge in [0.15, 0.2) is 0 Å². The molecule has 0 N–H and O–H groups in total. The first-order valence-corrected chi connectivity index (χ1v) is 12.3. The molecular weight excluding hydrogens is 468 g/mol. The minimum atomic E-state index is -4.17. The fourth-order valence-electron chi connectivity index (χ4n) is 3.52. The van der Waals surface area contributed by atoms with Gasteiger partial charge in [0.2, 0.25) is 5.91 Å². The molecule has 0 bridgehead atoms. The molecule has 3 aromatic carbocycles. The maximum atomic E-state index is 13.9. The summed E-state index contributed by atoms with van der Waals surface area (Å²) < 4.78 is 44.6. The van der Waals surface area contributed by atoms with Gasteiger partial charge in [-0.15, -0.1) is 0 Å². The molecule has 3 aromatic rings. The number of methoxy groups -OCH3 is 3. The number of carbonyl (C=O) groups is 1. The van der Waals surface area contributed by atoms with Crippen LogP contribution >= 0.6 is 0 Å². The fraction of sp³-hybridized carbons (Fsp3) is 0.269. The van der Waals surface area contributed by atoms with Gasteiger partial charge in [0.05, 0.1) is 27.0 Å². The Bertz CT molecular complexity index is 1280. The zero-order valence-corrected chi connectivity index (χ0v) is 21.3. The van der Waals surface area contributed by atoms with E-state index < -0.39 is 16.6 Å². The van der Waals surface area contributed by atoms with E-state index in [1.165, 1.54) is 25.2 Å². The quantitative estimate of drug-likeness (QED) is 0.422. The van der Waals surface area contributed by atoms with Crippen LogP contribution in [0.5, 0.6) is 17.2 Å². The zero-order chi connectivity index (χ0) is 25.6. The molecule has 35 heavy (non-hydrogen) atoms. The van der Waals surface area contributed by atoms with Gasteiger partial charge in [0.1, 0.15) is 28.7 Å². The van der Waals surface area contributed by atoms with E-state index in [9.17, 15) is 13.2 Å². The van der Waals surface area contributed by atoms with Crippen molar-refractivity contribution in [3.05, 3.63) is 77.9 Å². The molecule has 3 rings (SSSR count). The highest BCUT2D eigenvalue weighted by atomic mass is 32.2. The van der Waals surface area contributed by atoms with Crippen LogP contribution in [0.4, 0.5) is 5.69 Å². The third kappa shape index (κ3) is 6.05. The number of benzene rings is 3. The Morgan fingerprint density at radius 2 is 1.54 bits per heavy atom. The third-order valence-corrected chi connectivity index (χ3v) is 7.31. The van der Waals surface area contributed by atoms with Gasteiger partial charge in [-0.05, 0) is 54.4 Å². The van der Waals surface area contributed by atoms with Crippen LogP contribution in [0.1, 0.15) is 11.1 Å². The lowest BCUT2D eigenvalue weighted by Gasteiger charge is -2.27. The molecule has 0 radical (unpaired) electrons. The molecule has 1 amide bonds. The molecule has 8 nitrogen and oxygen atoms in total. The number of anilines is 1. The Balaban J connectivity index is 1.97. The molecule has 0 atom stereocenters. The molecule has 0 fully saturated rings. The molecule has 0 aromatic heterocycles. The fourth-order valence-corrected chi connectivity index (χ4v) is 5.17. The zero-order valence-electron chi connectivity index (χ0n) is 20.5. The van der Waals surface area contributed by atoms with Crippen molar-refractivity contribution in [3.63, 3.8) is 0 Å². The van der Waals surface area contributed by atoms with E-state index in [1.807, 2.05) is 24.3 Å². The standard InChI is InChI=1S/C26H30N2O6S/c1-19-9-14-24(34-5)25(15-19)35(30,31)28(21-7-6-8-23(16-21)33-4)18-26(29)27(2)17-20-10-12-22(32-3)13-11-20/h6-16H,17-18H2,1-5H3. The van der Waals surface area contributed by atoms with Crippen LogP contribution in [0.25, 0.3) is 0 Å². The van der Waals surface area contributed by atoms with Gasteiger partial charge < -0.3 is 19.1 Å². The van der Waals surface area contributed by atoms with Gasteiger partial charge in [-0.2, -0.15) is 0 Å². The predicted octanol–water partition coefficient (Wildman–Crippen LogP) is 3.87. The Kier molecular flexibility index (Phi) is 8.24. The molecule has 0 aliphatic rings. The van der Waals surface area contributed by atoms with E-state index in [2.05, 4.69) is 0 Å². The van der Waals surface area contributed by atoms with Gasteiger partial charge in [-0.1, -0.05) is 24.3 Å². The Labute approximate surface area is 206 Å². The first kappa shape index (κ1) is 25.9. The Hall–Kier alpha value is -3.72. The van der Waals surface area contributed by atoms with E-state index in [0.29, 0.717) is 23.7 Å². The topological polar surface area (TPSA) is 85.4 Å². The number of rotatable bonds is 10. The van der Waals surface area contributed by atoms with Crippen LogP contribution in [0.3, 0.4) is 0 Å². The monoisotopic (exact) mass is 498 g/mol. The van der Waals surface area contributed by atoms with Crippen molar-refractivity contribution in [2.24, 2.45) is 0 Å². The van der Waals surface area contributed by atoms with Crippen molar-refractivity contribution in [1.29, 1.82) is 0 Å². The maximum Gasteiger partial charge on any atom is 0.268 e. The van der Waals surface area contributed by atoms with Crippen molar-refractivity contribution >= 4 is 21.6 Å². The van der Waals surface area contributed by atoms with Crippen molar-refractivity contribution in [3.8, 4) is 17.2 Å². The molecule has 186 valence electrons. The first-order chi connectivity index (χ1) is 16.7. The molecule has 9 heteroatoms. The van der Waals surface area contributed by atoms with Crippen molar-refractivity contribution < 1.29 is 27.4 Å². The number of hydrogen-bond acceptors (Lipinski definition) is 6. The summed E-state index contributed by atoms with van der Waals surface area (Å²) >= 11 is 0. The minimum absolute atomic E-state index is 0.0200. The van der Waals surface area contributed by atoms with Crippen molar-refractivity contribution in [2.75, 3.05) is 39.2 Å². The van der Waals surface area contributed by atoms with Crippen LogP contribution in [0, 0.1) is 6.92 Å². The molecule has 0 saturated carbocycles. The molecular formula is C26H30N2O6S. The number of ether oxygens (including phenoxy) is 3. The van der Waals surface area contributed by atoms with Crippen LogP contribution in [-0.4, -0.2) is 54.1 Å². The lowest BCUT2D eigenvalue weighted by atomic mass is 10.2. The average Bonchev–Trinajstić information content (AvgIpc) is 2.87. The predicted molar refractivity (Wildman–Crippen MR) is 135 cm³/mol. The van der Waals surface area contributed by atoms with Gasteiger partial charge in [0, 0.05) is 19.7 Å². The summed E-state index contributed by atoms with van der Waals surface area (Å²) in [5, 5.41) is 0. The summed E-state index contributed by atoms with van der Waals surface area (Å²) in [7, 11) is 1.96. The van der Waals surface area contributed by atoms with Crippen LogP contribution in [0.15, 0.2) is 71.6 Å². The normalized spacial score (nSPS) is 11.0. The summed E-state index contributed by atoms with van der Waals surface area (Å²) in [6.07, 6.45) is 0. The van der Waals surface area contributed by atoms with E-state index in [1.54, 1.807) is 57.5 Å². The highest BCUT2D eigenvalue weighted by Gasteiger charge is 2.31. The van der Waals surface area contributed by atoms with Gasteiger partial charge in [0.25, 0.3) is 10.0 Å². The maximum absolute atomic E-state index is 13.9. The number of nitrogens with zero attached hydrogens (tertiary/aromatic N) is 2. The molecule has 0 aliphatic carbocycles. The molecule has 0 saturated heterocycles. The lowest BCUT2D eigenvalue weighted by molar-refractivity contribution is -0.128. The number of amides is 1. The van der Waals surface area contributed by atoms with Crippen molar-refractivity contribution in [1.82, 2.24) is 4.90 Å². The average molecular weight is 499 g/mol. The first-order valence-electron chi connectivity index (χ1n) is 10.9. The number of aryl methyl sites for hydroxylation is 1. The van der Waals surface area contributed by atoms with Crippen LogP contribution < -0.4 is 18.5 Å². The SMILES string of the molecule is COc1ccc(CN(C)C(=O)CN(c2cccc(OC)c2)S(=O)(=O)c2cc(C)ccc2OC)cc1. The van der Waals surface area contributed by atoms with E-state index >= 15 is 0 Å². The highest BCUT2D eigenvalue weighted by Crippen LogP contribution is 2.32. The van der Waals surface area contributed by atoms with Crippen molar-refractivity contribution in [2.45, 2.75) is 18.4 Å². The Morgan fingerprint density at radius 3 is 2.17 bits per heavy atom. The highest BCUT2D eigenvalue weighted by molar-refractivity contribution is 7.93. The minimum Gasteiger partial charge on any atom is -0.497 e. The van der Waals surface area contributed by atoms with Gasteiger partial charge in [-0.3, -0.25) is 9.10 Å².